The van der Waals surface area contributed by atoms with E-state index in [1.165, 1.54) is 18.5 Å². The Morgan fingerprint density at radius 2 is 1.72 bits per heavy atom. The number of rotatable bonds is 6. The summed E-state index contributed by atoms with van der Waals surface area (Å²) in [6, 6.07) is 18.9. The van der Waals surface area contributed by atoms with Crippen LogP contribution >= 0.6 is 0 Å². The topological polar surface area (TPSA) is 106 Å². The van der Waals surface area contributed by atoms with Crippen LogP contribution in [0.25, 0.3) is 16.9 Å². The molecule has 0 fully saturated rings. The van der Waals surface area contributed by atoms with Gasteiger partial charge in [-0.05, 0) is 36.4 Å². The quantitative estimate of drug-likeness (QED) is 0.527. The highest BCUT2D eigenvalue weighted by molar-refractivity contribution is 7.91. The van der Waals surface area contributed by atoms with Crippen molar-refractivity contribution < 1.29 is 13.2 Å². The first-order chi connectivity index (χ1) is 14.0. The molecule has 1 amide bonds. The largest absolute Gasteiger partial charge is 0.326 e. The fourth-order valence-electron chi connectivity index (χ4n) is 2.80. The molecule has 0 radical (unpaired) electrons. The molecule has 0 saturated heterocycles. The van der Waals surface area contributed by atoms with Gasteiger partial charge in [-0.25, -0.2) is 8.42 Å². The Morgan fingerprint density at radius 3 is 2.48 bits per heavy atom. The van der Waals surface area contributed by atoms with Crippen LogP contribution in [0.5, 0.6) is 0 Å². The number of benzene rings is 2. The Balaban J connectivity index is 1.39. The van der Waals surface area contributed by atoms with Gasteiger partial charge in [0.25, 0.3) is 0 Å². The number of fused-ring (bicyclic) bond motifs is 1. The van der Waals surface area contributed by atoms with Gasteiger partial charge in [0.1, 0.15) is 6.33 Å². The summed E-state index contributed by atoms with van der Waals surface area (Å²) in [4.78, 5) is 12.4. The number of hydrogen-bond donors (Lipinski definition) is 1. The first kappa shape index (κ1) is 18.8. The second kappa shape index (κ2) is 7.80. The lowest BCUT2D eigenvalue weighted by molar-refractivity contribution is -0.115. The molecule has 0 bridgehead atoms. The number of nitrogens with one attached hydrogen (secondary N) is 1. The molecule has 0 unspecified atom stereocenters. The minimum absolute atomic E-state index is 0.120. The Labute approximate surface area is 167 Å². The molecule has 0 aliphatic rings. The molecule has 0 atom stereocenters. The smallest absolute Gasteiger partial charge is 0.225 e. The van der Waals surface area contributed by atoms with Crippen LogP contribution in [0.1, 0.15) is 6.42 Å². The monoisotopic (exact) mass is 407 g/mol. The number of anilines is 1. The summed E-state index contributed by atoms with van der Waals surface area (Å²) in [6.45, 7) is 0. The van der Waals surface area contributed by atoms with E-state index in [4.69, 9.17) is 0 Å². The summed E-state index contributed by atoms with van der Waals surface area (Å²) in [5.74, 6) is -0.606. The molecular weight excluding hydrogens is 390 g/mol. The molecular formula is C20H17N5O3S. The van der Waals surface area contributed by atoms with Crippen LogP contribution in [0.4, 0.5) is 5.69 Å². The molecule has 0 saturated carbocycles. The van der Waals surface area contributed by atoms with Crippen LogP contribution in [-0.4, -0.2) is 39.9 Å². The second-order valence-corrected chi connectivity index (χ2v) is 8.47. The number of amides is 1. The van der Waals surface area contributed by atoms with Gasteiger partial charge in [0.2, 0.25) is 5.91 Å². The van der Waals surface area contributed by atoms with Crippen LogP contribution in [0.3, 0.4) is 0 Å². The zero-order valence-corrected chi connectivity index (χ0v) is 16.1. The van der Waals surface area contributed by atoms with Crippen molar-refractivity contribution >= 4 is 27.1 Å². The molecule has 0 aliphatic heterocycles. The van der Waals surface area contributed by atoms with Crippen molar-refractivity contribution in [2.24, 2.45) is 0 Å². The summed E-state index contributed by atoms with van der Waals surface area (Å²) in [5.41, 5.74) is 2.85. The van der Waals surface area contributed by atoms with Crippen LogP contribution in [0.2, 0.25) is 0 Å². The molecule has 9 heteroatoms. The summed E-state index contributed by atoms with van der Waals surface area (Å²) >= 11 is 0. The highest BCUT2D eigenvalue weighted by Gasteiger charge is 2.16. The normalized spacial score (nSPS) is 11.4. The second-order valence-electron chi connectivity index (χ2n) is 6.36. The van der Waals surface area contributed by atoms with E-state index in [9.17, 15) is 13.2 Å². The van der Waals surface area contributed by atoms with Gasteiger partial charge in [0, 0.05) is 17.7 Å². The van der Waals surface area contributed by atoms with Crippen molar-refractivity contribution in [3.05, 3.63) is 73.1 Å². The highest BCUT2D eigenvalue weighted by atomic mass is 32.2. The molecule has 4 rings (SSSR count). The zero-order valence-electron chi connectivity index (χ0n) is 15.3. The van der Waals surface area contributed by atoms with Gasteiger partial charge in [0.05, 0.1) is 16.3 Å². The van der Waals surface area contributed by atoms with E-state index in [-0.39, 0.29) is 23.0 Å². The van der Waals surface area contributed by atoms with Gasteiger partial charge < -0.3 is 5.32 Å². The van der Waals surface area contributed by atoms with E-state index in [2.05, 4.69) is 20.6 Å². The number of aromatic nitrogens is 4. The Bertz CT molecular complexity index is 1250. The van der Waals surface area contributed by atoms with Crippen LogP contribution in [0, 0.1) is 0 Å². The third-order valence-electron chi connectivity index (χ3n) is 4.33. The Morgan fingerprint density at radius 1 is 0.966 bits per heavy atom. The van der Waals surface area contributed by atoms with E-state index in [0.717, 1.165) is 11.3 Å². The number of sulfone groups is 1. The van der Waals surface area contributed by atoms with Crippen LogP contribution in [-0.2, 0) is 14.6 Å². The molecule has 146 valence electrons. The van der Waals surface area contributed by atoms with Crippen molar-refractivity contribution in [1.82, 2.24) is 19.8 Å². The van der Waals surface area contributed by atoms with Gasteiger partial charge in [-0.1, -0.05) is 30.3 Å². The fraction of sp³-hybridized carbons (Fsp3) is 0.100. The van der Waals surface area contributed by atoms with E-state index in [0.29, 0.717) is 11.3 Å². The zero-order chi connectivity index (χ0) is 20.3. The molecule has 2 aromatic carbocycles. The third kappa shape index (κ3) is 4.30. The predicted octanol–water partition coefficient (Wildman–Crippen LogP) is 2.59. The summed E-state index contributed by atoms with van der Waals surface area (Å²) in [5, 5.41) is 14.9. The summed E-state index contributed by atoms with van der Waals surface area (Å²) in [6.07, 6.45) is 1.40. The van der Waals surface area contributed by atoms with E-state index in [1.54, 1.807) is 34.8 Å². The fourth-order valence-corrected chi connectivity index (χ4v) is 4.06. The van der Waals surface area contributed by atoms with Gasteiger partial charge in [0.15, 0.2) is 15.5 Å². The lowest BCUT2D eigenvalue weighted by Gasteiger charge is -2.07. The lowest BCUT2D eigenvalue weighted by atomic mass is 10.1. The van der Waals surface area contributed by atoms with Gasteiger partial charge in [-0.2, -0.15) is 9.61 Å². The Kier molecular flexibility index (Phi) is 5.05. The van der Waals surface area contributed by atoms with Gasteiger partial charge in [-0.15, -0.1) is 10.2 Å². The lowest BCUT2D eigenvalue weighted by Crippen LogP contribution is -2.17. The molecule has 0 spiro atoms. The summed E-state index contributed by atoms with van der Waals surface area (Å²) < 4.78 is 26.1. The third-order valence-corrected chi connectivity index (χ3v) is 6.06. The van der Waals surface area contributed by atoms with E-state index in [1.807, 2.05) is 24.3 Å². The molecule has 0 aliphatic carbocycles. The minimum Gasteiger partial charge on any atom is -0.326 e. The van der Waals surface area contributed by atoms with Crippen LogP contribution in [0.15, 0.2) is 78.0 Å². The first-order valence-electron chi connectivity index (χ1n) is 8.86. The summed E-state index contributed by atoms with van der Waals surface area (Å²) in [7, 11) is -3.49. The molecule has 29 heavy (non-hydrogen) atoms. The molecule has 2 aromatic heterocycles. The van der Waals surface area contributed by atoms with Crippen molar-refractivity contribution in [3.63, 3.8) is 0 Å². The SMILES string of the molecule is O=C(CCS(=O)(=O)c1ccccc1)Nc1ccc(-c2ccc3nncn3n2)cc1. The Hall–Kier alpha value is -3.59. The number of carbonyl (C=O) groups is 1. The molecule has 2 heterocycles. The molecule has 4 aromatic rings. The van der Waals surface area contributed by atoms with Gasteiger partial charge >= 0.3 is 0 Å². The van der Waals surface area contributed by atoms with Gasteiger partial charge in [-0.3, -0.25) is 4.79 Å². The standard InChI is InChI=1S/C20H17N5O3S/c26-20(12-13-29(27,28)17-4-2-1-3-5-17)22-16-8-6-15(7-9-16)18-10-11-19-23-21-14-25(19)24-18/h1-11,14H,12-13H2,(H,22,26). The maximum Gasteiger partial charge on any atom is 0.225 e. The molecule has 1 N–H and O–H groups in total. The first-order valence-corrected chi connectivity index (χ1v) is 10.5. The maximum atomic E-state index is 12.3. The number of carbonyl (C=O) groups excluding carboxylic acids is 1. The minimum atomic E-state index is -3.49. The highest BCUT2D eigenvalue weighted by Crippen LogP contribution is 2.20. The van der Waals surface area contributed by atoms with Crippen molar-refractivity contribution in [2.45, 2.75) is 11.3 Å². The predicted molar refractivity (Wildman–Crippen MR) is 108 cm³/mol. The maximum absolute atomic E-state index is 12.3. The van der Waals surface area contributed by atoms with Crippen molar-refractivity contribution in [1.29, 1.82) is 0 Å². The average molecular weight is 407 g/mol. The average Bonchev–Trinajstić information content (AvgIpc) is 3.21. The van der Waals surface area contributed by atoms with Crippen LogP contribution < -0.4 is 5.32 Å². The number of nitrogens with zero attached hydrogens (tertiary/aromatic N) is 4. The van der Waals surface area contributed by atoms with E-state index < -0.39 is 9.84 Å². The molecule has 8 nitrogen and oxygen atoms in total. The van der Waals surface area contributed by atoms with Crippen molar-refractivity contribution in [3.8, 4) is 11.3 Å². The number of hydrogen-bond acceptors (Lipinski definition) is 6. The van der Waals surface area contributed by atoms with E-state index >= 15 is 0 Å². The van der Waals surface area contributed by atoms with Crippen molar-refractivity contribution in [2.75, 3.05) is 11.1 Å².